The van der Waals surface area contributed by atoms with Crippen LogP contribution in [0.2, 0.25) is 0 Å². The molecule has 0 aromatic heterocycles. The molecule has 2 heterocycles. The molecule has 2 saturated heterocycles. The summed E-state index contributed by atoms with van der Waals surface area (Å²) in [6, 6.07) is 9.71. The summed E-state index contributed by atoms with van der Waals surface area (Å²) in [5.74, 6) is 0.647. The van der Waals surface area contributed by atoms with E-state index >= 15 is 0 Å². The predicted octanol–water partition coefficient (Wildman–Crippen LogP) is 2.62. The summed E-state index contributed by atoms with van der Waals surface area (Å²) in [5.41, 5.74) is 2.88. The maximum atomic E-state index is 5.22. The molecule has 0 spiro atoms. The Balaban J connectivity index is 1.70. The minimum absolute atomic E-state index is 0.584. The number of benzene rings is 1. The van der Waals surface area contributed by atoms with E-state index in [-0.39, 0.29) is 0 Å². The largest absolute Gasteiger partial charge is 0.380 e. The first-order valence-electron chi connectivity index (χ1n) is 6.34. The molecule has 2 heteroatoms. The first-order chi connectivity index (χ1) is 7.93. The number of hydrogen-bond acceptors (Lipinski definition) is 2. The van der Waals surface area contributed by atoms with Gasteiger partial charge in [0.1, 0.15) is 0 Å². The lowest BCUT2D eigenvalue weighted by molar-refractivity contribution is 0.00841. The first kappa shape index (κ1) is 10.3. The minimum atomic E-state index is 0.584. The normalized spacial score (nSPS) is 26.4. The molecule has 0 bridgehead atoms. The smallest absolute Gasteiger partial charge is 0.0557 e. The third-order valence-corrected chi connectivity index (χ3v) is 3.76. The molecule has 2 nitrogen and oxygen atoms in total. The summed E-state index contributed by atoms with van der Waals surface area (Å²) in [7, 11) is 0. The lowest BCUT2D eigenvalue weighted by atomic mass is 9.93. The van der Waals surface area contributed by atoms with Crippen molar-refractivity contribution < 1.29 is 4.74 Å². The Morgan fingerprint density at radius 3 is 2.31 bits per heavy atom. The van der Waals surface area contributed by atoms with Crippen molar-refractivity contribution in [2.45, 2.75) is 31.2 Å². The second kappa shape index (κ2) is 4.56. The van der Waals surface area contributed by atoms with E-state index in [1.54, 1.807) is 0 Å². The number of nitrogens with one attached hydrogen (secondary N) is 1. The van der Waals surface area contributed by atoms with Crippen molar-refractivity contribution >= 4 is 0 Å². The van der Waals surface area contributed by atoms with Crippen molar-refractivity contribution in [3.05, 3.63) is 35.4 Å². The Morgan fingerprint density at radius 2 is 1.75 bits per heavy atom. The van der Waals surface area contributed by atoms with Gasteiger partial charge in [-0.05, 0) is 30.5 Å². The van der Waals surface area contributed by atoms with Crippen LogP contribution >= 0.6 is 0 Å². The molecule has 86 valence electrons. The molecule has 1 aromatic carbocycles. The zero-order chi connectivity index (χ0) is 10.8. The summed E-state index contributed by atoms with van der Waals surface area (Å²) in [5, 5.41) is 3.59. The van der Waals surface area contributed by atoms with Crippen LogP contribution in [0, 0.1) is 0 Å². The van der Waals surface area contributed by atoms with Gasteiger partial charge in [-0.25, -0.2) is 0 Å². The molecule has 2 aliphatic heterocycles. The van der Waals surface area contributed by atoms with Crippen LogP contribution < -0.4 is 5.32 Å². The minimum Gasteiger partial charge on any atom is -0.380 e. The van der Waals surface area contributed by atoms with Gasteiger partial charge < -0.3 is 10.1 Å². The predicted molar refractivity (Wildman–Crippen MR) is 64.6 cm³/mol. The number of ether oxygens (including phenoxy) is 1. The third-order valence-electron chi connectivity index (χ3n) is 3.76. The Labute approximate surface area is 97.0 Å². The van der Waals surface area contributed by atoms with Crippen molar-refractivity contribution in [1.29, 1.82) is 0 Å². The molecular weight excluding hydrogens is 198 g/mol. The van der Waals surface area contributed by atoms with E-state index in [4.69, 9.17) is 4.74 Å². The van der Waals surface area contributed by atoms with Crippen LogP contribution in [0.15, 0.2) is 24.3 Å². The third kappa shape index (κ3) is 2.00. The SMILES string of the molecule is c1cc(C2CCCCN2)ccc1C1COC1. The lowest BCUT2D eigenvalue weighted by Crippen LogP contribution is -2.27. The van der Waals surface area contributed by atoms with Gasteiger partial charge in [-0.15, -0.1) is 0 Å². The highest BCUT2D eigenvalue weighted by Crippen LogP contribution is 2.27. The van der Waals surface area contributed by atoms with E-state index in [1.807, 2.05) is 0 Å². The van der Waals surface area contributed by atoms with E-state index < -0.39 is 0 Å². The summed E-state index contributed by atoms with van der Waals surface area (Å²) in [4.78, 5) is 0. The number of hydrogen-bond donors (Lipinski definition) is 1. The van der Waals surface area contributed by atoms with Crippen LogP contribution in [-0.2, 0) is 4.74 Å². The first-order valence-corrected chi connectivity index (χ1v) is 6.34. The average Bonchev–Trinajstić information content (AvgIpc) is 2.29. The molecule has 1 unspecified atom stereocenters. The van der Waals surface area contributed by atoms with Crippen molar-refractivity contribution in [1.82, 2.24) is 5.32 Å². The van der Waals surface area contributed by atoms with E-state index in [1.165, 1.54) is 36.9 Å². The highest BCUT2D eigenvalue weighted by atomic mass is 16.5. The fourth-order valence-electron chi connectivity index (χ4n) is 2.56. The number of piperidine rings is 1. The van der Waals surface area contributed by atoms with Crippen molar-refractivity contribution in [2.24, 2.45) is 0 Å². The maximum Gasteiger partial charge on any atom is 0.0557 e. The molecule has 0 radical (unpaired) electrons. The molecule has 1 aromatic rings. The molecule has 1 N–H and O–H groups in total. The van der Waals surface area contributed by atoms with Crippen molar-refractivity contribution in [3.8, 4) is 0 Å². The van der Waals surface area contributed by atoms with Gasteiger partial charge in [-0.3, -0.25) is 0 Å². The van der Waals surface area contributed by atoms with Crippen molar-refractivity contribution in [2.75, 3.05) is 19.8 Å². The van der Waals surface area contributed by atoms with Gasteiger partial charge in [0, 0.05) is 12.0 Å². The van der Waals surface area contributed by atoms with Crippen LogP contribution in [0.3, 0.4) is 0 Å². The molecule has 1 atom stereocenters. The van der Waals surface area contributed by atoms with Crippen LogP contribution in [-0.4, -0.2) is 19.8 Å². The molecular formula is C14H19NO. The quantitative estimate of drug-likeness (QED) is 0.822. The highest BCUT2D eigenvalue weighted by Gasteiger charge is 2.21. The summed E-state index contributed by atoms with van der Waals surface area (Å²) >= 11 is 0. The van der Waals surface area contributed by atoms with Gasteiger partial charge >= 0.3 is 0 Å². The van der Waals surface area contributed by atoms with E-state index in [0.29, 0.717) is 12.0 Å². The number of rotatable bonds is 2. The van der Waals surface area contributed by atoms with Gasteiger partial charge in [0.05, 0.1) is 13.2 Å². The van der Waals surface area contributed by atoms with E-state index in [2.05, 4.69) is 29.6 Å². The van der Waals surface area contributed by atoms with Crippen LogP contribution in [0.1, 0.15) is 42.3 Å². The monoisotopic (exact) mass is 217 g/mol. The van der Waals surface area contributed by atoms with Gasteiger partial charge in [-0.2, -0.15) is 0 Å². The van der Waals surface area contributed by atoms with Gasteiger partial charge in [0.2, 0.25) is 0 Å². The molecule has 2 fully saturated rings. The average molecular weight is 217 g/mol. The fraction of sp³-hybridized carbons (Fsp3) is 0.571. The van der Waals surface area contributed by atoms with Crippen LogP contribution in [0.5, 0.6) is 0 Å². The standard InChI is InChI=1S/C14H19NO/c1-2-8-15-14(3-1)12-6-4-11(5-7-12)13-9-16-10-13/h4-7,13-15H,1-3,8-10H2. The van der Waals surface area contributed by atoms with E-state index in [0.717, 1.165) is 13.2 Å². The zero-order valence-electron chi connectivity index (χ0n) is 9.61. The molecule has 3 rings (SSSR count). The van der Waals surface area contributed by atoms with E-state index in [9.17, 15) is 0 Å². The van der Waals surface area contributed by atoms with Crippen LogP contribution in [0.4, 0.5) is 0 Å². The second-order valence-electron chi connectivity index (χ2n) is 4.90. The van der Waals surface area contributed by atoms with Crippen LogP contribution in [0.25, 0.3) is 0 Å². The summed E-state index contributed by atoms with van der Waals surface area (Å²) in [6.07, 6.45) is 3.97. The molecule has 0 saturated carbocycles. The highest BCUT2D eigenvalue weighted by molar-refractivity contribution is 5.28. The molecule has 0 aliphatic carbocycles. The topological polar surface area (TPSA) is 21.3 Å². The lowest BCUT2D eigenvalue weighted by Gasteiger charge is -2.27. The Hall–Kier alpha value is -0.860. The Kier molecular flexibility index (Phi) is 2.94. The summed E-state index contributed by atoms with van der Waals surface area (Å²) in [6.45, 7) is 2.98. The van der Waals surface area contributed by atoms with Crippen molar-refractivity contribution in [3.63, 3.8) is 0 Å². The maximum absolute atomic E-state index is 5.22. The van der Waals surface area contributed by atoms with Gasteiger partial charge in [-0.1, -0.05) is 30.7 Å². The fourth-order valence-corrected chi connectivity index (χ4v) is 2.56. The Bertz CT molecular complexity index is 336. The molecule has 16 heavy (non-hydrogen) atoms. The molecule has 0 amide bonds. The Morgan fingerprint density at radius 1 is 1.00 bits per heavy atom. The molecule has 2 aliphatic rings. The zero-order valence-corrected chi connectivity index (χ0v) is 9.61. The summed E-state index contributed by atoms with van der Waals surface area (Å²) < 4.78 is 5.22. The second-order valence-corrected chi connectivity index (χ2v) is 4.90. The van der Waals surface area contributed by atoms with Gasteiger partial charge in [0.25, 0.3) is 0 Å². The van der Waals surface area contributed by atoms with Gasteiger partial charge in [0.15, 0.2) is 0 Å².